The van der Waals surface area contributed by atoms with Crippen molar-refractivity contribution in [2.24, 2.45) is 0 Å². The van der Waals surface area contributed by atoms with Gasteiger partial charge in [0.05, 0.1) is 17.6 Å². The molecule has 1 aromatic carbocycles. The van der Waals surface area contributed by atoms with Gasteiger partial charge < -0.3 is 4.74 Å². The predicted molar refractivity (Wildman–Crippen MR) is 80.0 cm³/mol. The zero-order chi connectivity index (χ0) is 15.3. The summed E-state index contributed by atoms with van der Waals surface area (Å²) in [6, 6.07) is 4.95. The summed E-state index contributed by atoms with van der Waals surface area (Å²) in [5.74, 6) is 0.345. The summed E-state index contributed by atoms with van der Waals surface area (Å²) in [6.45, 7) is 7.30. The van der Waals surface area contributed by atoms with Gasteiger partial charge in [-0.3, -0.25) is 4.79 Å². The van der Waals surface area contributed by atoms with Gasteiger partial charge in [0.15, 0.2) is 15.6 Å². The molecule has 1 rings (SSSR count). The number of rotatable bonds is 7. The zero-order valence-electron chi connectivity index (χ0n) is 12.5. The van der Waals surface area contributed by atoms with Crippen LogP contribution in [0, 0.1) is 0 Å². The van der Waals surface area contributed by atoms with Crippen molar-refractivity contribution in [1.29, 1.82) is 0 Å². The molecule has 0 aliphatic heterocycles. The highest BCUT2D eigenvalue weighted by molar-refractivity contribution is 7.91. The molecule has 0 fully saturated rings. The first-order chi connectivity index (χ1) is 9.31. The van der Waals surface area contributed by atoms with Gasteiger partial charge in [0.25, 0.3) is 0 Å². The van der Waals surface area contributed by atoms with Crippen molar-refractivity contribution in [2.75, 3.05) is 6.61 Å². The minimum absolute atomic E-state index is 0.0877. The molecular weight excluding hydrogens is 276 g/mol. The summed E-state index contributed by atoms with van der Waals surface area (Å²) in [5.41, 5.74) is 1.06. The van der Waals surface area contributed by atoms with E-state index in [1.54, 1.807) is 25.1 Å². The molecule has 0 heterocycles. The van der Waals surface area contributed by atoms with Crippen LogP contribution in [-0.4, -0.2) is 26.1 Å². The van der Waals surface area contributed by atoms with Crippen LogP contribution in [-0.2, 0) is 15.6 Å². The van der Waals surface area contributed by atoms with E-state index in [4.69, 9.17) is 4.74 Å². The third kappa shape index (κ3) is 4.07. The molecule has 0 saturated heterocycles. The molecule has 5 heteroatoms. The molecule has 0 N–H and O–H groups in total. The second kappa shape index (κ2) is 6.88. The Morgan fingerprint density at radius 1 is 1.30 bits per heavy atom. The normalized spacial score (nSPS) is 13.0. The van der Waals surface area contributed by atoms with Gasteiger partial charge in [-0.2, -0.15) is 0 Å². The third-order valence-corrected chi connectivity index (χ3v) is 5.58. The number of benzene rings is 1. The largest absolute Gasteiger partial charge is 0.494 e. The third-order valence-electron chi connectivity index (χ3n) is 3.31. The Balaban J connectivity index is 3.19. The number of ether oxygens (including phenoxy) is 1. The van der Waals surface area contributed by atoms with Crippen LogP contribution < -0.4 is 4.74 Å². The monoisotopic (exact) mass is 298 g/mol. The average Bonchev–Trinajstić information content (AvgIpc) is 2.39. The SMILES string of the molecule is CCOc1ccc(C(C)=O)cc1CS(=O)(=O)C(C)CC. The maximum atomic E-state index is 12.2. The maximum Gasteiger partial charge on any atom is 0.159 e. The lowest BCUT2D eigenvalue weighted by Gasteiger charge is -2.14. The van der Waals surface area contributed by atoms with Gasteiger partial charge in [-0.05, 0) is 45.4 Å². The number of hydrogen-bond acceptors (Lipinski definition) is 4. The van der Waals surface area contributed by atoms with Gasteiger partial charge in [-0.1, -0.05) is 6.92 Å². The summed E-state index contributed by atoms with van der Waals surface area (Å²) in [7, 11) is -3.24. The summed E-state index contributed by atoms with van der Waals surface area (Å²) < 4.78 is 29.9. The summed E-state index contributed by atoms with van der Waals surface area (Å²) in [5, 5.41) is -0.405. The quantitative estimate of drug-likeness (QED) is 0.726. The molecule has 1 aromatic rings. The Morgan fingerprint density at radius 2 is 1.95 bits per heavy atom. The van der Waals surface area contributed by atoms with E-state index < -0.39 is 15.1 Å². The van der Waals surface area contributed by atoms with E-state index in [1.165, 1.54) is 6.92 Å². The van der Waals surface area contributed by atoms with Crippen molar-refractivity contribution in [2.45, 2.75) is 45.1 Å². The van der Waals surface area contributed by atoms with Gasteiger partial charge in [0.2, 0.25) is 0 Å². The second-order valence-electron chi connectivity index (χ2n) is 4.84. The summed E-state index contributed by atoms with van der Waals surface area (Å²) >= 11 is 0. The Kier molecular flexibility index (Phi) is 5.74. The van der Waals surface area contributed by atoms with Gasteiger partial charge in [0, 0.05) is 11.1 Å². The summed E-state index contributed by atoms with van der Waals surface area (Å²) in [6.07, 6.45) is 0.568. The Bertz CT molecular complexity index is 576. The van der Waals surface area contributed by atoms with Crippen molar-refractivity contribution in [3.05, 3.63) is 29.3 Å². The number of carbonyl (C=O) groups excluding carboxylic acids is 1. The highest BCUT2D eigenvalue weighted by Crippen LogP contribution is 2.25. The molecule has 0 aliphatic rings. The smallest absolute Gasteiger partial charge is 0.159 e. The number of carbonyl (C=O) groups is 1. The number of hydrogen-bond donors (Lipinski definition) is 0. The molecule has 0 aliphatic carbocycles. The highest BCUT2D eigenvalue weighted by Gasteiger charge is 2.22. The van der Waals surface area contributed by atoms with Crippen LogP contribution in [0.5, 0.6) is 5.75 Å². The van der Waals surface area contributed by atoms with Crippen LogP contribution in [0.3, 0.4) is 0 Å². The van der Waals surface area contributed by atoms with E-state index in [1.807, 2.05) is 13.8 Å². The molecular formula is C15H22O4S. The lowest BCUT2D eigenvalue weighted by atomic mass is 10.1. The van der Waals surface area contributed by atoms with Crippen molar-refractivity contribution < 1.29 is 17.9 Å². The maximum absolute atomic E-state index is 12.2. The summed E-state index contributed by atoms with van der Waals surface area (Å²) in [4.78, 5) is 11.4. The fourth-order valence-electron chi connectivity index (χ4n) is 1.82. The van der Waals surface area contributed by atoms with Crippen molar-refractivity contribution in [3.63, 3.8) is 0 Å². The van der Waals surface area contributed by atoms with Gasteiger partial charge in [-0.15, -0.1) is 0 Å². The number of Topliss-reactive ketones (excluding diaryl/α,β-unsaturated/α-hetero) is 1. The highest BCUT2D eigenvalue weighted by atomic mass is 32.2. The van der Waals surface area contributed by atoms with Crippen LogP contribution in [0.4, 0.5) is 0 Å². The van der Waals surface area contributed by atoms with Crippen LogP contribution in [0.25, 0.3) is 0 Å². The molecule has 0 aromatic heterocycles. The van der Waals surface area contributed by atoms with Gasteiger partial charge in [0.1, 0.15) is 5.75 Å². The van der Waals surface area contributed by atoms with Crippen molar-refractivity contribution in [1.82, 2.24) is 0 Å². The lowest BCUT2D eigenvalue weighted by Crippen LogP contribution is -2.19. The molecule has 1 unspecified atom stereocenters. The molecule has 0 spiro atoms. The standard InChI is InChI=1S/C15H22O4S/c1-5-11(3)20(17,18)10-14-9-13(12(4)16)7-8-15(14)19-6-2/h7-9,11H,5-6,10H2,1-4H3. The van der Waals surface area contributed by atoms with Gasteiger partial charge in [-0.25, -0.2) is 8.42 Å². The molecule has 4 nitrogen and oxygen atoms in total. The molecule has 0 radical (unpaired) electrons. The van der Waals surface area contributed by atoms with E-state index >= 15 is 0 Å². The fourth-order valence-corrected chi connectivity index (χ4v) is 3.27. The Morgan fingerprint density at radius 3 is 2.45 bits per heavy atom. The lowest BCUT2D eigenvalue weighted by molar-refractivity contribution is 0.101. The van der Waals surface area contributed by atoms with Crippen LogP contribution in [0.2, 0.25) is 0 Å². The van der Waals surface area contributed by atoms with E-state index in [0.717, 1.165) is 0 Å². The minimum Gasteiger partial charge on any atom is -0.494 e. The number of ketones is 1. The topological polar surface area (TPSA) is 60.4 Å². The first kappa shape index (κ1) is 16.7. The van der Waals surface area contributed by atoms with E-state index in [2.05, 4.69) is 0 Å². The second-order valence-corrected chi connectivity index (χ2v) is 7.26. The predicted octanol–water partition coefficient (Wildman–Crippen LogP) is 3.00. The Hall–Kier alpha value is -1.36. The van der Waals surface area contributed by atoms with Crippen molar-refractivity contribution >= 4 is 15.6 Å². The number of sulfone groups is 1. The molecule has 0 bridgehead atoms. The molecule has 112 valence electrons. The first-order valence-electron chi connectivity index (χ1n) is 6.80. The molecule has 20 heavy (non-hydrogen) atoms. The van der Waals surface area contributed by atoms with Crippen LogP contribution >= 0.6 is 0 Å². The zero-order valence-corrected chi connectivity index (χ0v) is 13.3. The van der Waals surface area contributed by atoms with E-state index in [9.17, 15) is 13.2 Å². The average molecular weight is 298 g/mol. The van der Waals surface area contributed by atoms with E-state index in [0.29, 0.717) is 29.9 Å². The Labute approximate surface area is 121 Å². The molecule has 0 saturated carbocycles. The fraction of sp³-hybridized carbons (Fsp3) is 0.533. The first-order valence-corrected chi connectivity index (χ1v) is 8.51. The van der Waals surface area contributed by atoms with Crippen molar-refractivity contribution in [3.8, 4) is 5.75 Å². The minimum atomic E-state index is -3.24. The van der Waals surface area contributed by atoms with Crippen LogP contribution in [0.15, 0.2) is 18.2 Å². The van der Waals surface area contributed by atoms with Crippen LogP contribution in [0.1, 0.15) is 50.0 Å². The molecule has 0 amide bonds. The molecule has 1 atom stereocenters. The van der Waals surface area contributed by atoms with Gasteiger partial charge >= 0.3 is 0 Å². The van der Waals surface area contributed by atoms with E-state index in [-0.39, 0.29) is 11.5 Å².